The highest BCUT2D eigenvalue weighted by Gasteiger charge is 2.25. The van der Waals surface area contributed by atoms with E-state index in [1.165, 1.54) is 0 Å². The van der Waals surface area contributed by atoms with Gasteiger partial charge in [0.1, 0.15) is 0 Å². The van der Waals surface area contributed by atoms with Crippen molar-refractivity contribution >= 4 is 17.5 Å². The lowest BCUT2D eigenvalue weighted by Crippen LogP contribution is -2.39. The Bertz CT molecular complexity index is 645. The molecule has 1 aliphatic rings. The normalized spacial score (nSPS) is 18.0. The number of rotatable bonds is 4. The maximum Gasteiger partial charge on any atom is 0.222 e. The first-order chi connectivity index (χ1) is 11.2. The van der Waals surface area contributed by atoms with Crippen molar-refractivity contribution in [3.05, 3.63) is 59.1 Å². The summed E-state index contributed by atoms with van der Waals surface area (Å²) in [5, 5.41) is 0.725. The van der Waals surface area contributed by atoms with Gasteiger partial charge in [0.05, 0.1) is 5.69 Å². The van der Waals surface area contributed by atoms with Gasteiger partial charge in [0, 0.05) is 49.0 Å². The molecule has 3 rings (SSSR count). The van der Waals surface area contributed by atoms with E-state index in [0.29, 0.717) is 12.3 Å². The molecule has 1 amide bonds. The Morgan fingerprint density at radius 3 is 2.83 bits per heavy atom. The molecule has 0 N–H and O–H groups in total. The van der Waals surface area contributed by atoms with Crippen LogP contribution in [0.5, 0.6) is 0 Å². The van der Waals surface area contributed by atoms with E-state index in [0.717, 1.165) is 48.6 Å². The van der Waals surface area contributed by atoms with Gasteiger partial charge >= 0.3 is 0 Å². The number of hydrogen-bond donors (Lipinski definition) is 0. The average Bonchev–Trinajstić information content (AvgIpc) is 2.62. The summed E-state index contributed by atoms with van der Waals surface area (Å²) in [6, 6.07) is 7.70. The molecule has 1 atom stereocenters. The minimum atomic E-state index is 0.216. The van der Waals surface area contributed by atoms with Gasteiger partial charge in [0.15, 0.2) is 0 Å². The van der Waals surface area contributed by atoms with Crippen LogP contribution >= 0.6 is 11.6 Å². The second-order valence-corrected chi connectivity index (χ2v) is 6.37. The van der Waals surface area contributed by atoms with Crippen molar-refractivity contribution in [1.29, 1.82) is 0 Å². The lowest BCUT2D eigenvalue weighted by atomic mass is 9.94. The third-order valence-electron chi connectivity index (χ3n) is 4.32. The van der Waals surface area contributed by atoms with E-state index in [1.54, 1.807) is 12.4 Å². The first-order valence-corrected chi connectivity index (χ1v) is 8.38. The monoisotopic (exact) mass is 329 g/mol. The summed E-state index contributed by atoms with van der Waals surface area (Å²) in [5.74, 6) is 0.519. The Kier molecular flexibility index (Phi) is 5.23. The van der Waals surface area contributed by atoms with E-state index in [4.69, 9.17) is 11.6 Å². The van der Waals surface area contributed by atoms with Gasteiger partial charge in [0.2, 0.25) is 5.91 Å². The molecule has 0 radical (unpaired) electrons. The number of hydrogen-bond acceptors (Lipinski definition) is 3. The summed E-state index contributed by atoms with van der Waals surface area (Å²) in [7, 11) is 0. The highest BCUT2D eigenvalue weighted by Crippen LogP contribution is 2.25. The molecule has 2 aromatic rings. The lowest BCUT2D eigenvalue weighted by Gasteiger charge is -2.32. The lowest BCUT2D eigenvalue weighted by molar-refractivity contribution is -0.132. The third-order valence-corrected chi connectivity index (χ3v) is 4.57. The van der Waals surface area contributed by atoms with Crippen molar-refractivity contribution in [2.24, 2.45) is 0 Å². The summed E-state index contributed by atoms with van der Waals surface area (Å²) in [5.41, 5.74) is 2.13. The van der Waals surface area contributed by atoms with Gasteiger partial charge in [0.25, 0.3) is 0 Å². The number of aryl methyl sites for hydroxylation is 1. The maximum absolute atomic E-state index is 12.5. The molecule has 0 bridgehead atoms. The highest BCUT2D eigenvalue weighted by molar-refractivity contribution is 6.30. The zero-order valence-corrected chi connectivity index (χ0v) is 13.7. The van der Waals surface area contributed by atoms with Gasteiger partial charge in [-0.15, -0.1) is 0 Å². The second-order valence-electron chi connectivity index (χ2n) is 5.94. The summed E-state index contributed by atoms with van der Waals surface area (Å²) in [6.45, 7) is 1.59. The van der Waals surface area contributed by atoms with E-state index < -0.39 is 0 Å². The molecule has 23 heavy (non-hydrogen) atoms. The van der Waals surface area contributed by atoms with Crippen LogP contribution in [0, 0.1) is 0 Å². The van der Waals surface area contributed by atoms with Crippen LogP contribution in [0.2, 0.25) is 5.02 Å². The zero-order chi connectivity index (χ0) is 16.1. The molecule has 0 saturated carbocycles. The molecule has 0 unspecified atom stereocenters. The molecule has 1 saturated heterocycles. The molecule has 1 aliphatic heterocycles. The van der Waals surface area contributed by atoms with Crippen LogP contribution in [-0.4, -0.2) is 33.9 Å². The van der Waals surface area contributed by atoms with Gasteiger partial charge in [-0.05, 0) is 37.0 Å². The number of amides is 1. The van der Waals surface area contributed by atoms with E-state index in [9.17, 15) is 4.79 Å². The molecule has 1 aromatic carbocycles. The Balaban J connectivity index is 1.55. The van der Waals surface area contributed by atoms with Crippen LogP contribution in [-0.2, 0) is 11.2 Å². The van der Waals surface area contributed by atoms with Crippen molar-refractivity contribution < 1.29 is 4.79 Å². The summed E-state index contributed by atoms with van der Waals surface area (Å²) in [4.78, 5) is 23.0. The number of carbonyl (C=O) groups excluding carboxylic acids is 1. The van der Waals surface area contributed by atoms with Crippen LogP contribution < -0.4 is 0 Å². The quantitative estimate of drug-likeness (QED) is 0.862. The highest BCUT2D eigenvalue weighted by atomic mass is 35.5. The predicted molar refractivity (Wildman–Crippen MR) is 90.4 cm³/mol. The number of carbonyl (C=O) groups is 1. The molecule has 0 spiro atoms. The Morgan fingerprint density at radius 2 is 2.09 bits per heavy atom. The van der Waals surface area contributed by atoms with Crippen LogP contribution in [0.15, 0.2) is 42.9 Å². The first-order valence-electron chi connectivity index (χ1n) is 8.00. The minimum absolute atomic E-state index is 0.216. The number of piperidine rings is 1. The van der Waals surface area contributed by atoms with E-state index >= 15 is 0 Å². The van der Waals surface area contributed by atoms with Crippen molar-refractivity contribution in [1.82, 2.24) is 14.9 Å². The van der Waals surface area contributed by atoms with Gasteiger partial charge < -0.3 is 4.90 Å². The van der Waals surface area contributed by atoms with Gasteiger partial charge in [-0.3, -0.25) is 14.8 Å². The fourth-order valence-corrected chi connectivity index (χ4v) is 3.15. The molecule has 5 heteroatoms. The van der Waals surface area contributed by atoms with Gasteiger partial charge in [-0.1, -0.05) is 23.7 Å². The summed E-state index contributed by atoms with van der Waals surface area (Å²) >= 11 is 5.88. The minimum Gasteiger partial charge on any atom is -0.342 e. The van der Waals surface area contributed by atoms with Gasteiger partial charge in [-0.2, -0.15) is 0 Å². The number of likely N-dealkylation sites (tertiary alicyclic amines) is 1. The molecule has 1 fully saturated rings. The number of aromatic nitrogens is 2. The summed E-state index contributed by atoms with van der Waals surface area (Å²) in [6.07, 6.45) is 8.59. The molecule has 2 heterocycles. The van der Waals surface area contributed by atoms with Crippen LogP contribution in [0.4, 0.5) is 0 Å². The summed E-state index contributed by atoms with van der Waals surface area (Å²) < 4.78 is 0. The van der Waals surface area contributed by atoms with Crippen LogP contribution in [0.1, 0.15) is 36.4 Å². The Morgan fingerprint density at radius 1 is 1.26 bits per heavy atom. The largest absolute Gasteiger partial charge is 0.342 e. The average molecular weight is 330 g/mol. The van der Waals surface area contributed by atoms with Crippen molar-refractivity contribution in [3.63, 3.8) is 0 Å². The maximum atomic E-state index is 12.5. The predicted octanol–water partition coefficient (Wildman–Crippen LogP) is 3.47. The molecule has 1 aromatic heterocycles. The standard InChI is InChI=1S/C18H20ClN3O/c19-16-6-3-14(4-7-16)5-8-18(23)22-11-1-2-15(13-22)17-12-20-9-10-21-17/h3-4,6-7,9-10,12,15H,1-2,5,8,11,13H2/t15-/m0/s1. The second kappa shape index (κ2) is 7.55. The first kappa shape index (κ1) is 15.9. The molecule has 120 valence electrons. The fourth-order valence-electron chi connectivity index (χ4n) is 3.03. The van der Waals surface area contributed by atoms with Gasteiger partial charge in [-0.25, -0.2) is 0 Å². The topological polar surface area (TPSA) is 46.1 Å². The van der Waals surface area contributed by atoms with Crippen molar-refractivity contribution in [2.45, 2.75) is 31.6 Å². The zero-order valence-electron chi connectivity index (χ0n) is 13.0. The van der Waals surface area contributed by atoms with E-state index in [-0.39, 0.29) is 5.91 Å². The smallest absolute Gasteiger partial charge is 0.222 e. The third kappa shape index (κ3) is 4.29. The van der Waals surface area contributed by atoms with E-state index in [1.807, 2.05) is 35.4 Å². The van der Waals surface area contributed by atoms with Crippen LogP contribution in [0.25, 0.3) is 0 Å². The van der Waals surface area contributed by atoms with Crippen molar-refractivity contribution in [2.75, 3.05) is 13.1 Å². The number of nitrogens with zero attached hydrogens (tertiary/aromatic N) is 3. The molecular weight excluding hydrogens is 310 g/mol. The van der Waals surface area contributed by atoms with Crippen molar-refractivity contribution in [3.8, 4) is 0 Å². The Hall–Kier alpha value is -1.94. The fraction of sp³-hybridized carbons (Fsp3) is 0.389. The molecular formula is C18H20ClN3O. The molecule has 4 nitrogen and oxygen atoms in total. The van der Waals surface area contributed by atoms with E-state index in [2.05, 4.69) is 9.97 Å². The SMILES string of the molecule is O=C(CCc1ccc(Cl)cc1)N1CCC[C@H](c2cnccn2)C1. The number of benzene rings is 1. The number of halogens is 1. The molecule has 0 aliphatic carbocycles. The van der Waals surface area contributed by atoms with Crippen LogP contribution in [0.3, 0.4) is 0 Å². The Labute approximate surface area is 141 Å².